The number of hydrogen-bond acceptors (Lipinski definition) is 5. The third-order valence-corrected chi connectivity index (χ3v) is 4.03. The third-order valence-electron chi connectivity index (χ3n) is 3.46. The van der Waals surface area contributed by atoms with E-state index in [4.69, 9.17) is 4.74 Å². The minimum absolute atomic E-state index is 0.0850. The first-order chi connectivity index (χ1) is 12.3. The summed E-state index contributed by atoms with van der Waals surface area (Å²) in [6, 6.07) is 5.83. The van der Waals surface area contributed by atoms with Gasteiger partial charge in [0.2, 0.25) is 0 Å². The molecule has 0 unspecified atom stereocenters. The highest BCUT2D eigenvalue weighted by molar-refractivity contribution is 7.98. The Balaban J connectivity index is 2.56. The lowest BCUT2D eigenvalue weighted by Gasteiger charge is -2.13. The summed E-state index contributed by atoms with van der Waals surface area (Å²) < 4.78 is 44.3. The van der Waals surface area contributed by atoms with Crippen molar-refractivity contribution in [1.82, 2.24) is 9.97 Å². The number of thioether (sulfide) groups is 1. The lowest BCUT2D eigenvalue weighted by molar-refractivity contribution is -0.137. The highest BCUT2D eigenvalue weighted by Gasteiger charge is 2.31. The third kappa shape index (κ3) is 4.63. The first-order valence-corrected chi connectivity index (χ1v) is 8.93. The van der Waals surface area contributed by atoms with Crippen LogP contribution in [0.5, 0.6) is 0 Å². The molecule has 138 valence electrons. The van der Waals surface area contributed by atoms with E-state index < -0.39 is 17.5 Å². The summed E-state index contributed by atoms with van der Waals surface area (Å²) in [5.41, 5.74) is -0.552. The smallest absolute Gasteiger partial charge is 0.416 e. The van der Waals surface area contributed by atoms with Crippen molar-refractivity contribution in [3.05, 3.63) is 59.1 Å². The zero-order valence-corrected chi connectivity index (χ0v) is 15.2. The Labute approximate surface area is 153 Å². The first-order valence-electron chi connectivity index (χ1n) is 7.71. The molecular formula is C18H17F3N2O2S. The van der Waals surface area contributed by atoms with E-state index in [0.717, 1.165) is 12.1 Å². The molecule has 1 aromatic heterocycles. The number of carbonyl (C=O) groups excluding carboxylic acids is 1. The number of alkyl halides is 3. The number of halogens is 3. The molecule has 1 aromatic carbocycles. The molecule has 2 aromatic rings. The normalized spacial score (nSPS) is 12.5. The second-order valence-electron chi connectivity index (χ2n) is 5.20. The van der Waals surface area contributed by atoms with Crippen molar-refractivity contribution in [2.75, 3.05) is 12.9 Å². The molecule has 26 heavy (non-hydrogen) atoms. The van der Waals surface area contributed by atoms with Crippen LogP contribution in [0.4, 0.5) is 13.2 Å². The van der Waals surface area contributed by atoms with Gasteiger partial charge in [0.1, 0.15) is 5.76 Å². The van der Waals surface area contributed by atoms with Gasteiger partial charge in [-0.15, -0.1) is 0 Å². The highest BCUT2D eigenvalue weighted by Crippen LogP contribution is 2.31. The molecule has 0 aliphatic heterocycles. The monoisotopic (exact) mass is 382 g/mol. The average molecular weight is 382 g/mol. The van der Waals surface area contributed by atoms with E-state index in [2.05, 4.69) is 9.97 Å². The van der Waals surface area contributed by atoms with Crippen LogP contribution in [-0.2, 0) is 10.9 Å². The van der Waals surface area contributed by atoms with Gasteiger partial charge in [-0.05, 0) is 38.3 Å². The summed E-state index contributed by atoms with van der Waals surface area (Å²) >= 11 is 1.29. The van der Waals surface area contributed by atoms with E-state index in [1.165, 1.54) is 36.2 Å². The SMILES string of the molecule is CCO/C(C)=C(\C(=O)c1cccc(C(F)(F)F)c1)c1ccnc(SC)n1. The number of rotatable bonds is 6. The zero-order chi connectivity index (χ0) is 19.3. The second-order valence-corrected chi connectivity index (χ2v) is 5.97. The van der Waals surface area contributed by atoms with Gasteiger partial charge in [0, 0.05) is 11.8 Å². The zero-order valence-electron chi connectivity index (χ0n) is 14.4. The van der Waals surface area contributed by atoms with Gasteiger partial charge in [0.05, 0.1) is 23.4 Å². The van der Waals surface area contributed by atoms with Crippen molar-refractivity contribution < 1.29 is 22.7 Å². The van der Waals surface area contributed by atoms with Gasteiger partial charge in [-0.3, -0.25) is 4.79 Å². The van der Waals surface area contributed by atoms with Crippen LogP contribution in [0.15, 0.2) is 47.4 Å². The van der Waals surface area contributed by atoms with E-state index in [1.54, 1.807) is 20.1 Å². The molecule has 2 rings (SSSR count). The summed E-state index contributed by atoms with van der Waals surface area (Å²) in [5, 5.41) is 0.446. The molecule has 8 heteroatoms. The Morgan fingerprint density at radius 3 is 2.62 bits per heavy atom. The predicted molar refractivity (Wildman–Crippen MR) is 93.8 cm³/mol. The molecular weight excluding hydrogens is 365 g/mol. The molecule has 0 aliphatic carbocycles. The number of aromatic nitrogens is 2. The molecule has 0 saturated heterocycles. The second kappa shape index (κ2) is 8.35. The van der Waals surface area contributed by atoms with Gasteiger partial charge >= 0.3 is 6.18 Å². The van der Waals surface area contributed by atoms with Crippen LogP contribution in [-0.4, -0.2) is 28.6 Å². The fourth-order valence-corrected chi connectivity index (χ4v) is 2.66. The minimum Gasteiger partial charge on any atom is -0.498 e. The summed E-state index contributed by atoms with van der Waals surface area (Å²) in [6.07, 6.45) is -1.25. The van der Waals surface area contributed by atoms with Crippen molar-refractivity contribution >= 4 is 23.1 Å². The topological polar surface area (TPSA) is 52.1 Å². The van der Waals surface area contributed by atoms with E-state index in [-0.39, 0.29) is 11.1 Å². The number of allylic oxidation sites excluding steroid dienone is 2. The van der Waals surface area contributed by atoms with Gasteiger partial charge in [0.25, 0.3) is 0 Å². The van der Waals surface area contributed by atoms with Crippen LogP contribution in [0, 0.1) is 0 Å². The molecule has 0 radical (unpaired) electrons. The average Bonchev–Trinajstić information content (AvgIpc) is 2.61. The molecule has 0 N–H and O–H groups in total. The summed E-state index contributed by atoms with van der Waals surface area (Å²) in [7, 11) is 0. The van der Waals surface area contributed by atoms with Crippen LogP contribution in [0.2, 0.25) is 0 Å². The maximum absolute atomic E-state index is 13.0. The van der Waals surface area contributed by atoms with Gasteiger partial charge < -0.3 is 4.74 Å². The molecule has 4 nitrogen and oxygen atoms in total. The van der Waals surface area contributed by atoms with Crippen LogP contribution < -0.4 is 0 Å². The van der Waals surface area contributed by atoms with Gasteiger partial charge in [-0.25, -0.2) is 9.97 Å². The van der Waals surface area contributed by atoms with Crippen molar-refractivity contribution in [3.63, 3.8) is 0 Å². The van der Waals surface area contributed by atoms with Crippen molar-refractivity contribution in [2.24, 2.45) is 0 Å². The maximum Gasteiger partial charge on any atom is 0.416 e. The standard InChI is InChI=1S/C18H17F3N2O2S/c1-4-25-11(2)15(14-8-9-22-17(23-14)26-3)16(24)12-6-5-7-13(10-12)18(19,20)21/h5-10H,4H2,1-3H3/b15-11-. The largest absolute Gasteiger partial charge is 0.498 e. The molecule has 0 aliphatic rings. The Morgan fingerprint density at radius 2 is 2.00 bits per heavy atom. The fourth-order valence-electron chi connectivity index (χ4n) is 2.30. The Bertz CT molecular complexity index is 835. The number of ketones is 1. The highest BCUT2D eigenvalue weighted by atomic mass is 32.2. The van der Waals surface area contributed by atoms with E-state index in [1.807, 2.05) is 0 Å². The Kier molecular flexibility index (Phi) is 6.42. The van der Waals surface area contributed by atoms with E-state index >= 15 is 0 Å². The fraction of sp³-hybridized carbons (Fsp3) is 0.278. The Hall–Kier alpha value is -2.35. The summed E-state index contributed by atoms with van der Waals surface area (Å²) in [4.78, 5) is 21.3. The number of carbonyl (C=O) groups is 1. The minimum atomic E-state index is -4.53. The summed E-state index contributed by atoms with van der Waals surface area (Å²) in [5.74, 6) is -0.298. The number of benzene rings is 1. The van der Waals surface area contributed by atoms with E-state index in [0.29, 0.717) is 23.2 Å². The van der Waals surface area contributed by atoms with Gasteiger partial charge in [0.15, 0.2) is 10.9 Å². The quantitative estimate of drug-likeness (QED) is 0.235. The predicted octanol–water partition coefficient (Wildman–Crippen LogP) is 4.87. The van der Waals surface area contributed by atoms with Crippen LogP contribution >= 0.6 is 11.8 Å². The number of Topliss-reactive ketones (excluding diaryl/α,β-unsaturated/α-hetero) is 1. The maximum atomic E-state index is 13.0. The molecule has 0 bridgehead atoms. The molecule has 1 heterocycles. The number of ether oxygens (including phenoxy) is 1. The van der Waals surface area contributed by atoms with Crippen molar-refractivity contribution in [2.45, 2.75) is 25.2 Å². The summed E-state index contributed by atoms with van der Waals surface area (Å²) in [6.45, 7) is 3.65. The molecule has 0 saturated carbocycles. The lowest BCUT2D eigenvalue weighted by atomic mass is 9.98. The number of hydrogen-bond donors (Lipinski definition) is 0. The lowest BCUT2D eigenvalue weighted by Crippen LogP contribution is -2.11. The van der Waals surface area contributed by atoms with Crippen LogP contribution in [0.25, 0.3) is 5.57 Å². The van der Waals surface area contributed by atoms with Gasteiger partial charge in [-0.1, -0.05) is 23.9 Å². The molecule has 0 amide bonds. The van der Waals surface area contributed by atoms with Crippen LogP contribution in [0.1, 0.15) is 35.5 Å². The van der Waals surface area contributed by atoms with Crippen molar-refractivity contribution in [1.29, 1.82) is 0 Å². The molecule has 0 atom stereocenters. The molecule has 0 spiro atoms. The van der Waals surface area contributed by atoms with Gasteiger partial charge in [-0.2, -0.15) is 13.2 Å². The van der Waals surface area contributed by atoms with Crippen LogP contribution in [0.3, 0.4) is 0 Å². The number of nitrogens with zero attached hydrogens (tertiary/aromatic N) is 2. The van der Waals surface area contributed by atoms with E-state index in [9.17, 15) is 18.0 Å². The van der Waals surface area contributed by atoms with Crippen molar-refractivity contribution in [3.8, 4) is 0 Å². The molecule has 0 fully saturated rings. The Morgan fingerprint density at radius 1 is 1.27 bits per heavy atom. The first kappa shape index (κ1) is 20.0.